The van der Waals surface area contributed by atoms with Crippen molar-refractivity contribution < 1.29 is 35.4 Å². The van der Waals surface area contributed by atoms with Crippen LogP contribution in [0.15, 0.2) is 17.0 Å². The van der Waals surface area contributed by atoms with E-state index in [0.717, 1.165) is 6.07 Å². The van der Waals surface area contributed by atoms with Gasteiger partial charge in [-0.2, -0.15) is 8.42 Å². The van der Waals surface area contributed by atoms with Crippen LogP contribution in [0.4, 0.5) is 8.78 Å². The minimum absolute atomic E-state index is 0.0705. The number of halogens is 2. The molecular formula is C9H11F2O6PS. The van der Waals surface area contributed by atoms with E-state index in [-0.39, 0.29) is 12.0 Å². The normalized spacial score (nSPS) is 13.5. The summed E-state index contributed by atoms with van der Waals surface area (Å²) in [6, 6.07) is 1.45. The second-order valence-corrected chi connectivity index (χ2v) is 5.66. The Morgan fingerprint density at radius 3 is 2.42 bits per heavy atom. The maximum Gasteiger partial charge on any atom is 0.318 e. The molecule has 0 fully saturated rings. The Morgan fingerprint density at radius 2 is 1.89 bits per heavy atom. The van der Waals surface area contributed by atoms with Gasteiger partial charge < -0.3 is 4.89 Å². The highest BCUT2D eigenvalue weighted by atomic mass is 32.2. The Morgan fingerprint density at radius 1 is 1.32 bits per heavy atom. The summed E-state index contributed by atoms with van der Waals surface area (Å²) >= 11 is 0. The first kappa shape index (κ1) is 16.2. The molecule has 1 aromatic rings. The van der Waals surface area contributed by atoms with Crippen molar-refractivity contribution in [2.24, 2.45) is 0 Å². The molecule has 19 heavy (non-hydrogen) atoms. The Labute approximate surface area is 109 Å². The van der Waals surface area contributed by atoms with Crippen molar-refractivity contribution in [3.8, 4) is 0 Å². The molecule has 1 rings (SSSR count). The fraction of sp³-hybridized carbons (Fsp3) is 0.333. The molecule has 1 unspecified atom stereocenters. The molecule has 0 aliphatic heterocycles. The van der Waals surface area contributed by atoms with Crippen LogP contribution in [0.3, 0.4) is 0 Å². The zero-order valence-electron chi connectivity index (χ0n) is 9.72. The van der Waals surface area contributed by atoms with Crippen LogP contribution in [0, 0.1) is 11.6 Å². The minimum atomic E-state index is -4.63. The second kappa shape index (κ2) is 6.53. The molecule has 0 saturated carbocycles. The zero-order valence-corrected chi connectivity index (χ0v) is 11.5. The first-order valence-electron chi connectivity index (χ1n) is 5.01. The summed E-state index contributed by atoms with van der Waals surface area (Å²) in [6.07, 6.45) is -0.0705. The molecule has 6 nitrogen and oxygen atoms in total. The Bertz CT molecular complexity index is 589. The van der Waals surface area contributed by atoms with Gasteiger partial charge in [0.05, 0.1) is 0 Å². The highest BCUT2D eigenvalue weighted by Crippen LogP contribution is 2.25. The third kappa shape index (κ3) is 4.05. The average Bonchev–Trinajstić information content (AvgIpc) is 2.30. The molecule has 0 bridgehead atoms. The summed E-state index contributed by atoms with van der Waals surface area (Å²) in [6.45, 7) is 0.385. The van der Waals surface area contributed by atoms with Gasteiger partial charge in [0, 0.05) is 5.56 Å². The van der Waals surface area contributed by atoms with Gasteiger partial charge in [0.15, 0.2) is 6.79 Å². The van der Waals surface area contributed by atoms with Gasteiger partial charge >= 0.3 is 18.4 Å². The molecule has 0 aliphatic carbocycles. The molecule has 0 amide bonds. The van der Waals surface area contributed by atoms with Gasteiger partial charge in [-0.1, -0.05) is 6.92 Å². The van der Waals surface area contributed by atoms with Gasteiger partial charge in [0.1, 0.15) is 16.5 Å². The van der Waals surface area contributed by atoms with E-state index < -0.39 is 41.7 Å². The van der Waals surface area contributed by atoms with Crippen molar-refractivity contribution in [1.82, 2.24) is 0 Å². The van der Waals surface area contributed by atoms with E-state index in [1.807, 2.05) is 0 Å². The predicted molar refractivity (Wildman–Crippen MR) is 61.2 cm³/mol. The third-order valence-corrected chi connectivity index (χ3v) is 3.86. The van der Waals surface area contributed by atoms with E-state index in [2.05, 4.69) is 8.71 Å². The molecular weight excluding hydrogens is 305 g/mol. The van der Waals surface area contributed by atoms with Crippen molar-refractivity contribution in [2.45, 2.75) is 18.2 Å². The van der Waals surface area contributed by atoms with Crippen molar-refractivity contribution >= 4 is 18.4 Å². The summed E-state index contributed by atoms with van der Waals surface area (Å²) in [4.78, 5) is 7.40. The van der Waals surface area contributed by atoms with E-state index in [1.165, 1.54) is 6.92 Å². The molecule has 108 valence electrons. The van der Waals surface area contributed by atoms with Crippen LogP contribution in [0.5, 0.6) is 0 Å². The minimum Gasteiger partial charge on any atom is -0.326 e. The summed E-state index contributed by atoms with van der Waals surface area (Å²) in [7, 11) is -8.00. The molecule has 0 saturated heterocycles. The van der Waals surface area contributed by atoms with Crippen molar-refractivity contribution in [1.29, 1.82) is 0 Å². The van der Waals surface area contributed by atoms with E-state index >= 15 is 0 Å². The zero-order chi connectivity index (χ0) is 14.6. The largest absolute Gasteiger partial charge is 0.326 e. The molecule has 1 N–H and O–H groups in total. The third-order valence-electron chi connectivity index (χ3n) is 2.14. The number of hydrogen-bond donors (Lipinski definition) is 1. The number of hydrogen-bond acceptors (Lipinski definition) is 5. The van der Waals surface area contributed by atoms with E-state index in [0.29, 0.717) is 6.07 Å². The van der Waals surface area contributed by atoms with Crippen molar-refractivity contribution in [2.75, 3.05) is 6.79 Å². The van der Waals surface area contributed by atoms with E-state index in [4.69, 9.17) is 4.89 Å². The fourth-order valence-electron chi connectivity index (χ4n) is 1.37. The lowest BCUT2D eigenvalue weighted by molar-refractivity contribution is 0.120. The Kier molecular flexibility index (Phi) is 5.57. The lowest BCUT2D eigenvalue weighted by atomic mass is 10.1. The number of rotatable bonds is 6. The summed E-state index contributed by atoms with van der Waals surface area (Å²) in [5.41, 5.74) is -0.364. The first-order valence-corrected chi connectivity index (χ1v) is 7.68. The van der Waals surface area contributed by atoms with Crippen LogP contribution in [0.1, 0.15) is 12.5 Å². The van der Waals surface area contributed by atoms with Gasteiger partial charge in [-0.25, -0.2) is 13.0 Å². The molecule has 10 heteroatoms. The predicted octanol–water partition coefficient (Wildman–Crippen LogP) is 1.59. The maximum absolute atomic E-state index is 13.5. The highest BCUT2D eigenvalue weighted by Gasteiger charge is 2.26. The first-order chi connectivity index (χ1) is 8.79. The Hall–Kier alpha value is -0.860. The van der Waals surface area contributed by atoms with Gasteiger partial charge in [0.25, 0.3) is 0 Å². The Balaban J connectivity index is 3.14. The van der Waals surface area contributed by atoms with Crippen LogP contribution in [0.2, 0.25) is 0 Å². The molecule has 1 atom stereocenters. The van der Waals surface area contributed by atoms with Crippen LogP contribution < -0.4 is 0 Å². The molecule has 0 spiro atoms. The van der Waals surface area contributed by atoms with Gasteiger partial charge in [-0.15, -0.1) is 0 Å². The monoisotopic (exact) mass is 316 g/mol. The van der Waals surface area contributed by atoms with E-state index in [1.54, 1.807) is 0 Å². The topological polar surface area (TPSA) is 89.9 Å². The SMILES string of the molecule is CCc1c(F)ccc(F)c1S(=O)(=O)OCO[PH](=O)O. The quantitative estimate of drug-likeness (QED) is 0.487. The standard InChI is InChI=1S/C9H11F2O6PS/c1-2-6-7(10)3-4-8(11)9(6)19(14,15)17-5-16-18(12)13/h3-4,18H,2,5H2,1H3,(H,12,13). The number of benzene rings is 1. The lowest BCUT2D eigenvalue weighted by Crippen LogP contribution is -2.13. The van der Waals surface area contributed by atoms with Crippen LogP contribution in [0.25, 0.3) is 0 Å². The van der Waals surface area contributed by atoms with Gasteiger partial charge in [-0.3, -0.25) is 9.09 Å². The van der Waals surface area contributed by atoms with Crippen molar-refractivity contribution in [3.05, 3.63) is 29.3 Å². The van der Waals surface area contributed by atoms with Crippen LogP contribution in [-0.2, 0) is 29.8 Å². The summed E-state index contributed by atoms with van der Waals surface area (Å²) in [5.74, 6) is -2.06. The molecule has 0 radical (unpaired) electrons. The second-order valence-electron chi connectivity index (χ2n) is 3.29. The molecule has 0 aliphatic rings. The molecule has 0 aromatic heterocycles. The van der Waals surface area contributed by atoms with Gasteiger partial charge in [0.2, 0.25) is 0 Å². The highest BCUT2D eigenvalue weighted by molar-refractivity contribution is 7.86. The fourth-order valence-corrected chi connectivity index (χ4v) is 2.76. The van der Waals surface area contributed by atoms with E-state index in [9.17, 15) is 21.8 Å². The molecule has 0 heterocycles. The van der Waals surface area contributed by atoms with Crippen LogP contribution in [-0.4, -0.2) is 20.1 Å². The molecule has 1 aromatic carbocycles. The smallest absolute Gasteiger partial charge is 0.318 e. The maximum atomic E-state index is 13.5. The lowest BCUT2D eigenvalue weighted by Gasteiger charge is -2.10. The average molecular weight is 316 g/mol. The van der Waals surface area contributed by atoms with Gasteiger partial charge in [-0.05, 0) is 18.6 Å². The van der Waals surface area contributed by atoms with Crippen molar-refractivity contribution in [3.63, 3.8) is 0 Å². The summed E-state index contributed by atoms with van der Waals surface area (Å²) in [5, 5.41) is 0. The summed E-state index contributed by atoms with van der Waals surface area (Å²) < 4.78 is 68.8. The van der Waals surface area contributed by atoms with Crippen LogP contribution >= 0.6 is 8.25 Å².